The molecule has 0 radical (unpaired) electrons. The van der Waals surface area contributed by atoms with Crippen molar-refractivity contribution in [1.29, 1.82) is 0 Å². The molecule has 1 aliphatic rings. The predicted octanol–water partition coefficient (Wildman–Crippen LogP) is 2.80. The lowest BCUT2D eigenvalue weighted by molar-refractivity contribution is 0.0708. The monoisotopic (exact) mass is 346 g/mol. The molecular weight excluding hydrogens is 326 g/mol. The molecule has 0 saturated carbocycles. The number of anilines is 1. The van der Waals surface area contributed by atoms with Gasteiger partial charge in [0.2, 0.25) is 0 Å². The number of rotatable bonds is 3. The van der Waals surface area contributed by atoms with Gasteiger partial charge in [0.25, 0.3) is 5.91 Å². The lowest BCUT2D eigenvalue weighted by atomic mass is 10.0. The van der Waals surface area contributed by atoms with Crippen LogP contribution in [0.1, 0.15) is 28.9 Å². The number of likely N-dealkylation sites (tertiary alicyclic amines) is 1. The second-order valence-electron chi connectivity index (χ2n) is 6.28. The van der Waals surface area contributed by atoms with Gasteiger partial charge in [-0.2, -0.15) is 0 Å². The van der Waals surface area contributed by atoms with Gasteiger partial charge in [-0.05, 0) is 31.9 Å². The third-order valence-corrected chi connectivity index (χ3v) is 4.61. The van der Waals surface area contributed by atoms with Crippen LogP contribution in [0.4, 0.5) is 14.6 Å². The smallest absolute Gasteiger partial charge is 0.256 e. The van der Waals surface area contributed by atoms with Gasteiger partial charge in [-0.1, -0.05) is 0 Å². The first-order valence-corrected chi connectivity index (χ1v) is 8.21. The van der Waals surface area contributed by atoms with Crippen LogP contribution in [-0.4, -0.2) is 47.0 Å². The highest BCUT2D eigenvalue weighted by molar-refractivity contribution is 5.94. The lowest BCUT2D eigenvalue weighted by Crippen LogP contribution is -2.46. The number of nitrogens with zero attached hydrogens (tertiary/aromatic N) is 4. The predicted molar refractivity (Wildman–Crippen MR) is 90.5 cm³/mol. The van der Waals surface area contributed by atoms with Crippen LogP contribution in [-0.2, 0) is 0 Å². The molecule has 25 heavy (non-hydrogen) atoms. The molecule has 0 aliphatic carbocycles. The first kappa shape index (κ1) is 17.3. The van der Waals surface area contributed by atoms with Crippen molar-refractivity contribution in [2.45, 2.75) is 25.8 Å². The molecule has 1 aromatic heterocycles. The van der Waals surface area contributed by atoms with E-state index >= 15 is 0 Å². The molecule has 0 bridgehead atoms. The van der Waals surface area contributed by atoms with Crippen molar-refractivity contribution in [3.63, 3.8) is 0 Å². The van der Waals surface area contributed by atoms with Crippen LogP contribution in [0.3, 0.4) is 0 Å². The molecule has 5 nitrogen and oxygen atoms in total. The van der Waals surface area contributed by atoms with Crippen molar-refractivity contribution in [2.24, 2.45) is 0 Å². The maximum absolute atomic E-state index is 13.8. The van der Waals surface area contributed by atoms with E-state index in [-0.39, 0.29) is 11.6 Å². The summed E-state index contributed by atoms with van der Waals surface area (Å²) in [4.78, 5) is 24.5. The third kappa shape index (κ3) is 3.75. The van der Waals surface area contributed by atoms with Crippen LogP contribution >= 0.6 is 0 Å². The molecule has 7 heteroatoms. The largest absolute Gasteiger partial charge is 0.356 e. The minimum absolute atomic E-state index is 0.0837. The number of aromatic nitrogens is 2. The summed E-state index contributed by atoms with van der Waals surface area (Å²) in [5.41, 5.74) is 0.816. The Morgan fingerprint density at radius 1 is 1.20 bits per heavy atom. The summed E-state index contributed by atoms with van der Waals surface area (Å²) >= 11 is 0. The fraction of sp³-hybridized carbons (Fsp3) is 0.389. The highest BCUT2D eigenvalue weighted by Gasteiger charge is 2.27. The first-order chi connectivity index (χ1) is 12.0. The van der Waals surface area contributed by atoms with Gasteiger partial charge < -0.3 is 9.80 Å². The van der Waals surface area contributed by atoms with Crippen LogP contribution in [0.5, 0.6) is 0 Å². The van der Waals surface area contributed by atoms with Crippen molar-refractivity contribution in [3.8, 4) is 0 Å². The van der Waals surface area contributed by atoms with E-state index in [4.69, 9.17) is 0 Å². The van der Waals surface area contributed by atoms with Gasteiger partial charge >= 0.3 is 0 Å². The molecule has 1 amide bonds. The van der Waals surface area contributed by atoms with E-state index in [0.717, 1.165) is 36.5 Å². The average Bonchev–Trinajstić information content (AvgIpc) is 2.61. The van der Waals surface area contributed by atoms with Crippen molar-refractivity contribution in [3.05, 3.63) is 53.5 Å². The Labute approximate surface area is 145 Å². The van der Waals surface area contributed by atoms with Gasteiger partial charge in [0.1, 0.15) is 23.8 Å². The zero-order chi connectivity index (χ0) is 18.0. The summed E-state index contributed by atoms with van der Waals surface area (Å²) in [7, 11) is 1.98. The number of benzene rings is 1. The van der Waals surface area contributed by atoms with E-state index in [1.54, 1.807) is 4.90 Å². The van der Waals surface area contributed by atoms with Crippen LogP contribution in [0.2, 0.25) is 0 Å². The first-order valence-electron chi connectivity index (χ1n) is 8.21. The molecule has 1 fully saturated rings. The van der Waals surface area contributed by atoms with E-state index in [2.05, 4.69) is 14.9 Å². The number of aryl methyl sites for hydroxylation is 1. The number of hydrogen-bond donors (Lipinski definition) is 0. The molecule has 2 heterocycles. The molecular formula is C18H20F2N4O. The maximum atomic E-state index is 13.8. The van der Waals surface area contributed by atoms with E-state index in [1.807, 2.05) is 20.0 Å². The fourth-order valence-corrected chi connectivity index (χ4v) is 3.11. The minimum atomic E-state index is -0.819. The molecule has 1 saturated heterocycles. The van der Waals surface area contributed by atoms with E-state index in [0.29, 0.717) is 13.1 Å². The summed E-state index contributed by atoms with van der Waals surface area (Å²) in [6.07, 6.45) is 3.05. The number of carbonyl (C=O) groups excluding carboxylic acids is 1. The SMILES string of the molecule is Cc1cc(N(C)C2CCN(C(=O)c3ccc(F)cc3F)CC2)ncn1. The zero-order valence-corrected chi connectivity index (χ0v) is 14.2. The highest BCUT2D eigenvalue weighted by Crippen LogP contribution is 2.22. The van der Waals surface area contributed by atoms with Gasteiger partial charge in [-0.3, -0.25) is 4.79 Å². The zero-order valence-electron chi connectivity index (χ0n) is 14.2. The van der Waals surface area contributed by atoms with E-state index in [1.165, 1.54) is 12.4 Å². The summed E-state index contributed by atoms with van der Waals surface area (Å²) in [6, 6.07) is 5.22. The summed E-state index contributed by atoms with van der Waals surface area (Å²) in [5, 5.41) is 0. The summed E-state index contributed by atoms with van der Waals surface area (Å²) < 4.78 is 26.8. The fourth-order valence-electron chi connectivity index (χ4n) is 3.11. The standard InChI is InChI=1S/C18H20F2N4O/c1-12-9-17(22-11-21-12)23(2)14-5-7-24(8-6-14)18(25)15-4-3-13(19)10-16(15)20/h3-4,9-11,14H,5-8H2,1-2H3. The Bertz CT molecular complexity index is 775. The van der Waals surface area contributed by atoms with Gasteiger partial charge in [-0.15, -0.1) is 0 Å². The molecule has 0 spiro atoms. The average molecular weight is 346 g/mol. The number of halogens is 2. The van der Waals surface area contributed by atoms with Gasteiger partial charge in [0.15, 0.2) is 0 Å². The second-order valence-corrected chi connectivity index (χ2v) is 6.28. The topological polar surface area (TPSA) is 49.3 Å². The Hall–Kier alpha value is -2.57. The number of piperidine rings is 1. The normalized spacial score (nSPS) is 15.3. The lowest BCUT2D eigenvalue weighted by Gasteiger charge is -2.37. The summed E-state index contributed by atoms with van der Waals surface area (Å²) in [6.45, 7) is 2.96. The van der Waals surface area contributed by atoms with Gasteiger partial charge in [-0.25, -0.2) is 18.7 Å². The van der Waals surface area contributed by atoms with Gasteiger partial charge in [0.05, 0.1) is 5.56 Å². The highest BCUT2D eigenvalue weighted by atomic mass is 19.1. The van der Waals surface area contributed by atoms with Crippen LogP contribution in [0, 0.1) is 18.6 Å². The minimum Gasteiger partial charge on any atom is -0.356 e. The molecule has 0 unspecified atom stereocenters. The van der Waals surface area contributed by atoms with Crippen molar-refractivity contribution < 1.29 is 13.6 Å². The molecule has 1 aliphatic heterocycles. The molecule has 1 aromatic carbocycles. The Balaban J connectivity index is 1.64. The van der Waals surface area contributed by atoms with Crippen molar-refractivity contribution in [1.82, 2.24) is 14.9 Å². The van der Waals surface area contributed by atoms with Gasteiger partial charge in [0, 0.05) is 44.0 Å². The molecule has 0 atom stereocenters. The van der Waals surface area contributed by atoms with Crippen LogP contribution in [0.25, 0.3) is 0 Å². The van der Waals surface area contributed by atoms with E-state index in [9.17, 15) is 13.6 Å². The van der Waals surface area contributed by atoms with Crippen molar-refractivity contribution in [2.75, 3.05) is 25.0 Å². The quantitative estimate of drug-likeness (QED) is 0.858. The Kier molecular flexibility index (Phi) is 4.92. The third-order valence-electron chi connectivity index (χ3n) is 4.61. The second kappa shape index (κ2) is 7.13. The van der Waals surface area contributed by atoms with E-state index < -0.39 is 17.5 Å². The van der Waals surface area contributed by atoms with Crippen LogP contribution < -0.4 is 4.90 Å². The maximum Gasteiger partial charge on any atom is 0.256 e. The number of amides is 1. The van der Waals surface area contributed by atoms with Crippen LogP contribution in [0.15, 0.2) is 30.6 Å². The number of hydrogen-bond acceptors (Lipinski definition) is 4. The molecule has 2 aromatic rings. The number of carbonyl (C=O) groups is 1. The molecule has 132 valence electrons. The van der Waals surface area contributed by atoms with Crippen molar-refractivity contribution >= 4 is 11.7 Å². The summed E-state index contributed by atoms with van der Waals surface area (Å²) in [5.74, 6) is -1.05. The Morgan fingerprint density at radius 3 is 2.56 bits per heavy atom. The Morgan fingerprint density at radius 2 is 1.92 bits per heavy atom. The molecule has 0 N–H and O–H groups in total. The molecule has 3 rings (SSSR count).